The topological polar surface area (TPSA) is 81.4 Å². The van der Waals surface area contributed by atoms with Gasteiger partial charge in [0.1, 0.15) is 0 Å². The van der Waals surface area contributed by atoms with Crippen LogP contribution >= 0.6 is 0 Å². The van der Waals surface area contributed by atoms with Crippen LogP contribution in [0.4, 0.5) is 0 Å². The van der Waals surface area contributed by atoms with Crippen molar-refractivity contribution >= 4 is 23.0 Å². The van der Waals surface area contributed by atoms with Crippen molar-refractivity contribution in [1.29, 1.82) is 0 Å². The van der Waals surface area contributed by atoms with Gasteiger partial charge in [-0.1, -0.05) is 6.08 Å². The summed E-state index contributed by atoms with van der Waals surface area (Å²) in [5.41, 5.74) is 0.919. The van der Waals surface area contributed by atoms with Gasteiger partial charge in [0, 0.05) is 24.2 Å². The number of carbonyl (C=O) groups is 2. The molecule has 2 heterocycles. The summed E-state index contributed by atoms with van der Waals surface area (Å²) in [6.45, 7) is 0.233. The van der Waals surface area contributed by atoms with E-state index in [-0.39, 0.29) is 12.5 Å². The van der Waals surface area contributed by atoms with Crippen LogP contribution in [0.25, 0.3) is 11.1 Å². The molecule has 1 N–H and O–H groups in total. The summed E-state index contributed by atoms with van der Waals surface area (Å²) in [7, 11) is 1.29. The Morgan fingerprint density at radius 2 is 2.37 bits per heavy atom. The number of pyridine rings is 1. The van der Waals surface area contributed by atoms with Gasteiger partial charge in [-0.2, -0.15) is 0 Å². The van der Waals surface area contributed by atoms with Crippen LogP contribution in [0, 0.1) is 0 Å². The first-order chi connectivity index (χ1) is 9.20. The Hall–Kier alpha value is -2.63. The monoisotopic (exact) mass is 260 g/mol. The maximum atomic E-state index is 11.8. The first kappa shape index (κ1) is 12.8. The minimum absolute atomic E-state index is 0.233. The maximum Gasteiger partial charge on any atom is 0.330 e. The summed E-state index contributed by atoms with van der Waals surface area (Å²) in [4.78, 5) is 26.6. The molecular formula is C13H12N2O4. The van der Waals surface area contributed by atoms with Gasteiger partial charge in [0.05, 0.1) is 18.9 Å². The van der Waals surface area contributed by atoms with Crippen molar-refractivity contribution in [2.45, 2.75) is 0 Å². The lowest BCUT2D eigenvalue weighted by Gasteiger charge is -2.01. The molecule has 0 aliphatic rings. The van der Waals surface area contributed by atoms with Crippen LogP contribution < -0.4 is 5.32 Å². The van der Waals surface area contributed by atoms with Crippen molar-refractivity contribution in [3.05, 3.63) is 42.3 Å². The highest BCUT2D eigenvalue weighted by Gasteiger charge is 2.07. The molecule has 0 atom stereocenters. The van der Waals surface area contributed by atoms with Crippen molar-refractivity contribution in [1.82, 2.24) is 10.3 Å². The van der Waals surface area contributed by atoms with Crippen LogP contribution in [0.5, 0.6) is 0 Å². The Labute approximate surface area is 109 Å². The highest BCUT2D eigenvalue weighted by atomic mass is 16.5. The predicted molar refractivity (Wildman–Crippen MR) is 67.5 cm³/mol. The van der Waals surface area contributed by atoms with Crippen LogP contribution in [0.2, 0.25) is 0 Å². The molecule has 0 bridgehead atoms. The molecule has 2 aromatic heterocycles. The Kier molecular flexibility index (Phi) is 3.92. The molecular weight excluding hydrogens is 248 g/mol. The number of furan rings is 1. The molecule has 2 rings (SSSR count). The molecule has 2 aromatic rings. The molecule has 0 spiro atoms. The van der Waals surface area contributed by atoms with Crippen LogP contribution in [0.15, 0.2) is 41.2 Å². The van der Waals surface area contributed by atoms with Gasteiger partial charge < -0.3 is 14.5 Å². The van der Waals surface area contributed by atoms with E-state index < -0.39 is 5.97 Å². The van der Waals surface area contributed by atoms with Crippen molar-refractivity contribution in [3.8, 4) is 0 Å². The number of amides is 1. The molecule has 6 heteroatoms. The average molecular weight is 260 g/mol. The summed E-state index contributed by atoms with van der Waals surface area (Å²) < 4.78 is 9.51. The molecule has 98 valence electrons. The molecule has 1 amide bonds. The SMILES string of the molecule is COC(=O)/C=C/CNC(=O)c1cnc2occc2c1. The molecule has 0 aliphatic heterocycles. The zero-order valence-electron chi connectivity index (χ0n) is 10.3. The number of nitrogens with zero attached hydrogens (tertiary/aromatic N) is 1. The van der Waals surface area contributed by atoms with Gasteiger partial charge in [0.15, 0.2) is 0 Å². The molecule has 6 nitrogen and oxygen atoms in total. The third-order valence-electron chi connectivity index (χ3n) is 2.40. The number of rotatable bonds is 4. The van der Waals surface area contributed by atoms with Gasteiger partial charge in [-0.3, -0.25) is 4.79 Å². The molecule has 0 radical (unpaired) electrons. The third-order valence-corrected chi connectivity index (χ3v) is 2.40. The Morgan fingerprint density at radius 3 is 3.16 bits per heavy atom. The van der Waals surface area contributed by atoms with Crippen LogP contribution in [0.3, 0.4) is 0 Å². The fourth-order valence-corrected chi connectivity index (χ4v) is 1.46. The number of hydrogen-bond donors (Lipinski definition) is 1. The van der Waals surface area contributed by atoms with E-state index in [9.17, 15) is 9.59 Å². The lowest BCUT2D eigenvalue weighted by atomic mass is 10.2. The fourth-order valence-electron chi connectivity index (χ4n) is 1.46. The molecule has 19 heavy (non-hydrogen) atoms. The summed E-state index contributed by atoms with van der Waals surface area (Å²) >= 11 is 0. The number of methoxy groups -OCH3 is 1. The van der Waals surface area contributed by atoms with Gasteiger partial charge in [0.2, 0.25) is 5.71 Å². The lowest BCUT2D eigenvalue weighted by molar-refractivity contribution is -0.134. The minimum atomic E-state index is -0.462. The van der Waals surface area contributed by atoms with E-state index in [1.165, 1.54) is 31.7 Å². The number of nitrogens with one attached hydrogen (secondary N) is 1. The van der Waals surface area contributed by atoms with Crippen molar-refractivity contribution in [2.24, 2.45) is 0 Å². The van der Waals surface area contributed by atoms with Gasteiger partial charge in [-0.05, 0) is 12.1 Å². The van der Waals surface area contributed by atoms with Crippen LogP contribution in [-0.4, -0.2) is 30.5 Å². The smallest absolute Gasteiger partial charge is 0.330 e. The number of fused-ring (bicyclic) bond motifs is 1. The normalized spacial score (nSPS) is 10.8. The zero-order valence-corrected chi connectivity index (χ0v) is 10.3. The largest absolute Gasteiger partial charge is 0.466 e. The zero-order chi connectivity index (χ0) is 13.7. The predicted octanol–water partition coefficient (Wildman–Crippen LogP) is 1.29. The second-order valence-corrected chi connectivity index (χ2v) is 3.67. The maximum absolute atomic E-state index is 11.8. The first-order valence-corrected chi connectivity index (χ1v) is 5.56. The summed E-state index contributed by atoms with van der Waals surface area (Å²) in [6, 6.07) is 3.42. The summed E-state index contributed by atoms with van der Waals surface area (Å²) in [6.07, 6.45) is 5.70. The quantitative estimate of drug-likeness (QED) is 0.661. The Balaban J connectivity index is 1.96. The van der Waals surface area contributed by atoms with E-state index in [1.54, 1.807) is 12.1 Å². The minimum Gasteiger partial charge on any atom is -0.466 e. The number of hydrogen-bond acceptors (Lipinski definition) is 5. The molecule has 0 fully saturated rings. The van der Waals surface area contributed by atoms with E-state index in [0.29, 0.717) is 11.3 Å². The number of ether oxygens (including phenoxy) is 1. The van der Waals surface area contributed by atoms with E-state index in [0.717, 1.165) is 5.39 Å². The first-order valence-electron chi connectivity index (χ1n) is 5.56. The highest BCUT2D eigenvalue weighted by molar-refractivity contribution is 5.96. The third kappa shape index (κ3) is 3.19. The Morgan fingerprint density at radius 1 is 1.53 bits per heavy atom. The van der Waals surface area contributed by atoms with Crippen LogP contribution in [0.1, 0.15) is 10.4 Å². The average Bonchev–Trinajstić information content (AvgIpc) is 2.90. The van der Waals surface area contributed by atoms with E-state index in [1.807, 2.05) is 0 Å². The standard InChI is InChI=1S/C13H12N2O4/c1-18-11(16)3-2-5-14-12(17)10-7-9-4-6-19-13(9)15-8-10/h2-4,6-8H,5H2,1H3,(H,14,17)/b3-2+. The van der Waals surface area contributed by atoms with E-state index in [4.69, 9.17) is 4.42 Å². The number of carbonyl (C=O) groups excluding carboxylic acids is 2. The van der Waals surface area contributed by atoms with Crippen LogP contribution in [-0.2, 0) is 9.53 Å². The molecule has 0 aromatic carbocycles. The van der Waals surface area contributed by atoms with Crippen molar-refractivity contribution < 1.29 is 18.7 Å². The number of aromatic nitrogens is 1. The summed E-state index contributed by atoms with van der Waals surface area (Å²) in [5.74, 6) is -0.735. The van der Waals surface area contributed by atoms with E-state index in [2.05, 4.69) is 15.0 Å². The summed E-state index contributed by atoms with van der Waals surface area (Å²) in [5, 5.41) is 3.39. The second kappa shape index (κ2) is 5.81. The van der Waals surface area contributed by atoms with Crippen molar-refractivity contribution in [2.75, 3.05) is 13.7 Å². The van der Waals surface area contributed by atoms with E-state index >= 15 is 0 Å². The molecule has 0 unspecified atom stereocenters. The van der Waals surface area contributed by atoms with Crippen molar-refractivity contribution in [3.63, 3.8) is 0 Å². The molecule has 0 aliphatic carbocycles. The fraction of sp³-hybridized carbons (Fsp3) is 0.154. The lowest BCUT2D eigenvalue weighted by Crippen LogP contribution is -2.23. The molecule has 0 saturated heterocycles. The molecule has 0 saturated carbocycles. The van der Waals surface area contributed by atoms with Gasteiger partial charge in [0.25, 0.3) is 5.91 Å². The van der Waals surface area contributed by atoms with Gasteiger partial charge >= 0.3 is 5.97 Å². The number of esters is 1. The van der Waals surface area contributed by atoms with Gasteiger partial charge in [-0.15, -0.1) is 0 Å². The second-order valence-electron chi connectivity index (χ2n) is 3.67. The highest BCUT2D eigenvalue weighted by Crippen LogP contribution is 2.13. The Bertz CT molecular complexity index is 630. The van der Waals surface area contributed by atoms with Gasteiger partial charge in [-0.25, -0.2) is 9.78 Å².